The molecular formula is C24H20ClF3N4O3. The maximum atomic E-state index is 12.5. The Morgan fingerprint density at radius 2 is 1.80 bits per heavy atom. The Hall–Kier alpha value is -3.79. The van der Waals surface area contributed by atoms with Gasteiger partial charge in [-0.2, -0.15) is 4.98 Å². The van der Waals surface area contributed by atoms with Crippen LogP contribution >= 0.6 is 11.6 Å². The number of hydrogen-bond donors (Lipinski definition) is 1. The summed E-state index contributed by atoms with van der Waals surface area (Å²) in [6, 6.07) is 15.9. The molecule has 0 aliphatic rings. The summed E-state index contributed by atoms with van der Waals surface area (Å²) >= 11 is 5.97. The van der Waals surface area contributed by atoms with Crippen LogP contribution in [0.15, 0.2) is 66.9 Å². The summed E-state index contributed by atoms with van der Waals surface area (Å²) in [7, 11) is 0. The quantitative estimate of drug-likeness (QED) is 0.362. The van der Waals surface area contributed by atoms with Crippen LogP contribution in [-0.2, 0) is 11.3 Å². The number of primary amides is 1. The predicted molar refractivity (Wildman–Crippen MR) is 123 cm³/mol. The molecule has 2 atom stereocenters. The van der Waals surface area contributed by atoms with E-state index in [1.165, 1.54) is 24.3 Å². The lowest BCUT2D eigenvalue weighted by Gasteiger charge is -2.23. The van der Waals surface area contributed by atoms with Gasteiger partial charge in [0.1, 0.15) is 11.3 Å². The van der Waals surface area contributed by atoms with Crippen molar-refractivity contribution in [3.05, 3.63) is 83.0 Å². The highest BCUT2D eigenvalue weighted by Crippen LogP contribution is 2.28. The molecule has 0 bridgehead atoms. The Morgan fingerprint density at radius 3 is 2.43 bits per heavy atom. The third-order valence-electron chi connectivity index (χ3n) is 5.33. The van der Waals surface area contributed by atoms with Gasteiger partial charge in [0.2, 0.25) is 0 Å². The van der Waals surface area contributed by atoms with Crippen LogP contribution in [0.4, 0.5) is 13.2 Å². The number of rotatable bonds is 8. The van der Waals surface area contributed by atoms with Crippen LogP contribution in [0.5, 0.6) is 11.8 Å². The molecular weight excluding hydrogens is 485 g/mol. The summed E-state index contributed by atoms with van der Waals surface area (Å²) in [5, 5.41) is 0.553. The van der Waals surface area contributed by atoms with Crippen molar-refractivity contribution in [2.45, 2.75) is 31.9 Å². The van der Waals surface area contributed by atoms with E-state index < -0.39 is 24.3 Å². The number of hydrogen-bond acceptors (Lipinski definition) is 5. The van der Waals surface area contributed by atoms with Crippen molar-refractivity contribution in [3.8, 4) is 11.8 Å². The average molecular weight is 505 g/mol. The lowest BCUT2D eigenvalue weighted by Crippen LogP contribution is -2.38. The first-order valence-corrected chi connectivity index (χ1v) is 10.9. The number of carbonyl (C=O) groups excluding carboxylic acids is 1. The number of nitrogens with two attached hydrogens (primary N) is 1. The second kappa shape index (κ2) is 9.83. The summed E-state index contributed by atoms with van der Waals surface area (Å²) in [5.74, 6) is -1.45. The number of pyridine rings is 1. The van der Waals surface area contributed by atoms with E-state index in [1.807, 2.05) is 0 Å². The molecule has 0 aliphatic carbocycles. The Balaban J connectivity index is 1.65. The Kier molecular flexibility index (Phi) is 6.83. The van der Waals surface area contributed by atoms with Crippen molar-refractivity contribution in [2.75, 3.05) is 0 Å². The molecule has 0 fully saturated rings. The molecule has 0 saturated heterocycles. The number of fused-ring (bicyclic) bond motifs is 1. The van der Waals surface area contributed by atoms with Gasteiger partial charge in [-0.15, -0.1) is 13.2 Å². The monoisotopic (exact) mass is 504 g/mol. The zero-order valence-electron chi connectivity index (χ0n) is 18.4. The molecule has 0 aliphatic heterocycles. The van der Waals surface area contributed by atoms with Gasteiger partial charge in [0.05, 0.1) is 6.54 Å². The first-order chi connectivity index (χ1) is 16.6. The molecule has 0 saturated carbocycles. The first kappa shape index (κ1) is 24.3. The van der Waals surface area contributed by atoms with Gasteiger partial charge in [0.25, 0.3) is 11.9 Å². The molecule has 4 rings (SSSR count). The molecule has 7 nitrogen and oxygen atoms in total. The third-order valence-corrected chi connectivity index (χ3v) is 5.58. The third kappa shape index (κ3) is 5.83. The standard InChI is InChI=1S/C24H20ClF3N4O3/c1-14(16-6-8-17(25)9-7-16)20(21(29)33)34-23-31-19-3-2-12-30-22(19)32(23)13-15-4-10-18(11-5-15)35-24(26,27)28/h2-12,14,20H,13H2,1H3,(H2,29,33)/t14-,20?/m0/s1. The largest absolute Gasteiger partial charge is 0.573 e. The van der Waals surface area contributed by atoms with Gasteiger partial charge in [0, 0.05) is 17.1 Å². The zero-order valence-corrected chi connectivity index (χ0v) is 19.1. The minimum Gasteiger partial charge on any atom is -0.451 e. The van der Waals surface area contributed by atoms with E-state index in [9.17, 15) is 18.0 Å². The number of carbonyl (C=O) groups is 1. The first-order valence-electron chi connectivity index (χ1n) is 10.5. The Morgan fingerprint density at radius 1 is 1.11 bits per heavy atom. The smallest absolute Gasteiger partial charge is 0.451 e. The van der Waals surface area contributed by atoms with E-state index in [-0.39, 0.29) is 18.3 Å². The number of aromatic nitrogens is 3. The normalized spacial score (nSPS) is 13.4. The topological polar surface area (TPSA) is 92.3 Å². The summed E-state index contributed by atoms with van der Waals surface area (Å²) in [6.45, 7) is 1.96. The summed E-state index contributed by atoms with van der Waals surface area (Å²) in [5.41, 5.74) is 8.08. The van der Waals surface area contributed by atoms with E-state index >= 15 is 0 Å². The molecule has 182 valence electrons. The van der Waals surface area contributed by atoms with Crippen LogP contribution in [0.3, 0.4) is 0 Å². The van der Waals surface area contributed by atoms with Crippen molar-refractivity contribution in [3.63, 3.8) is 0 Å². The number of alkyl halides is 3. The molecule has 1 unspecified atom stereocenters. The second-order valence-electron chi connectivity index (χ2n) is 7.80. The SMILES string of the molecule is C[C@@H](c1ccc(Cl)cc1)C(Oc1nc2cccnc2n1Cc1ccc(OC(F)(F)F)cc1)C(N)=O. The molecule has 2 aromatic heterocycles. The molecule has 2 N–H and O–H groups in total. The fourth-order valence-corrected chi connectivity index (χ4v) is 3.74. The molecule has 4 aromatic rings. The van der Waals surface area contributed by atoms with Gasteiger partial charge in [-0.3, -0.25) is 9.36 Å². The minimum absolute atomic E-state index is 0.0962. The maximum Gasteiger partial charge on any atom is 0.573 e. The van der Waals surface area contributed by atoms with E-state index in [1.54, 1.807) is 54.1 Å². The van der Waals surface area contributed by atoms with Gasteiger partial charge in [-0.1, -0.05) is 42.8 Å². The van der Waals surface area contributed by atoms with E-state index in [0.717, 1.165) is 5.56 Å². The molecule has 1 amide bonds. The van der Waals surface area contributed by atoms with Crippen LogP contribution < -0.4 is 15.2 Å². The second-order valence-corrected chi connectivity index (χ2v) is 8.24. The fraction of sp³-hybridized carbons (Fsp3) is 0.208. The van der Waals surface area contributed by atoms with E-state index in [2.05, 4.69) is 14.7 Å². The average Bonchev–Trinajstić information content (AvgIpc) is 3.14. The summed E-state index contributed by atoms with van der Waals surface area (Å²) < 4.78 is 49.0. The van der Waals surface area contributed by atoms with Gasteiger partial charge in [-0.05, 0) is 47.5 Å². The Labute approximate surface area is 203 Å². The molecule has 0 spiro atoms. The van der Waals surface area contributed by atoms with Crippen molar-refractivity contribution >= 4 is 28.7 Å². The number of nitrogens with zero attached hydrogens (tertiary/aromatic N) is 3. The summed E-state index contributed by atoms with van der Waals surface area (Å²) in [6.07, 6.45) is -4.27. The van der Waals surface area contributed by atoms with Gasteiger partial charge in [-0.25, -0.2) is 4.98 Å². The van der Waals surface area contributed by atoms with Gasteiger partial charge in [0.15, 0.2) is 11.8 Å². The van der Waals surface area contributed by atoms with Gasteiger partial charge >= 0.3 is 6.36 Å². The van der Waals surface area contributed by atoms with Crippen molar-refractivity contribution in [1.29, 1.82) is 0 Å². The highest BCUT2D eigenvalue weighted by Gasteiger charge is 2.31. The van der Waals surface area contributed by atoms with Crippen LogP contribution in [-0.4, -0.2) is 32.9 Å². The van der Waals surface area contributed by atoms with E-state index in [4.69, 9.17) is 22.1 Å². The fourth-order valence-electron chi connectivity index (χ4n) is 3.61. The number of ether oxygens (including phenoxy) is 2. The molecule has 35 heavy (non-hydrogen) atoms. The minimum atomic E-state index is -4.78. The number of halogens is 4. The van der Waals surface area contributed by atoms with Crippen molar-refractivity contribution < 1.29 is 27.4 Å². The lowest BCUT2D eigenvalue weighted by molar-refractivity contribution is -0.274. The van der Waals surface area contributed by atoms with Crippen molar-refractivity contribution in [2.24, 2.45) is 5.73 Å². The lowest BCUT2D eigenvalue weighted by atomic mass is 9.95. The highest BCUT2D eigenvalue weighted by atomic mass is 35.5. The molecule has 0 radical (unpaired) electrons. The number of imidazole rings is 1. The highest BCUT2D eigenvalue weighted by molar-refractivity contribution is 6.30. The molecule has 2 heterocycles. The van der Waals surface area contributed by atoms with Crippen LogP contribution in [0.1, 0.15) is 24.0 Å². The van der Waals surface area contributed by atoms with Crippen LogP contribution in [0.2, 0.25) is 5.02 Å². The summed E-state index contributed by atoms with van der Waals surface area (Å²) in [4.78, 5) is 21.1. The van der Waals surface area contributed by atoms with Crippen molar-refractivity contribution in [1.82, 2.24) is 14.5 Å². The molecule has 11 heteroatoms. The Bertz CT molecular complexity index is 1320. The maximum absolute atomic E-state index is 12.5. The van der Waals surface area contributed by atoms with Gasteiger partial charge < -0.3 is 15.2 Å². The number of amides is 1. The van der Waals surface area contributed by atoms with E-state index in [0.29, 0.717) is 21.7 Å². The van der Waals surface area contributed by atoms with Crippen LogP contribution in [0.25, 0.3) is 11.2 Å². The number of benzene rings is 2. The molecule has 2 aromatic carbocycles. The van der Waals surface area contributed by atoms with Crippen LogP contribution in [0, 0.1) is 0 Å². The zero-order chi connectivity index (χ0) is 25.2. The predicted octanol–water partition coefficient (Wildman–Crippen LogP) is 5.07.